The number of hydrogen-bond acceptors (Lipinski definition) is 4. The quantitative estimate of drug-likeness (QED) is 0.656. The monoisotopic (exact) mass is 288 g/mol. The smallest absolute Gasteiger partial charge is 0.319 e. The van der Waals surface area contributed by atoms with E-state index in [2.05, 4.69) is 0 Å². The van der Waals surface area contributed by atoms with E-state index >= 15 is 0 Å². The Morgan fingerprint density at radius 1 is 1.22 bits per heavy atom. The maximum atomic E-state index is 11.5. The molecular formula is C11H9ClO5S. The maximum absolute atomic E-state index is 11.5. The van der Waals surface area contributed by atoms with Crippen molar-refractivity contribution in [2.75, 3.05) is 5.75 Å². The van der Waals surface area contributed by atoms with E-state index in [1.165, 1.54) is 24.3 Å². The zero-order chi connectivity index (χ0) is 13.8. The molecule has 1 rings (SSSR count). The summed E-state index contributed by atoms with van der Waals surface area (Å²) < 4.78 is 22.4. The van der Waals surface area contributed by atoms with Crippen LogP contribution in [0.1, 0.15) is 10.4 Å². The molecule has 1 aromatic rings. The van der Waals surface area contributed by atoms with Crippen molar-refractivity contribution in [3.05, 3.63) is 46.3 Å². The molecule has 0 spiro atoms. The van der Waals surface area contributed by atoms with Gasteiger partial charge in [-0.25, -0.2) is 8.42 Å². The van der Waals surface area contributed by atoms with Crippen molar-refractivity contribution < 1.29 is 23.1 Å². The molecule has 0 amide bonds. The van der Waals surface area contributed by atoms with Gasteiger partial charge in [-0.05, 0) is 30.3 Å². The second-order valence-corrected chi connectivity index (χ2v) is 5.70. The molecule has 0 aliphatic carbocycles. The van der Waals surface area contributed by atoms with Crippen LogP contribution in [0.2, 0.25) is 5.02 Å². The molecule has 96 valence electrons. The minimum absolute atomic E-state index is 0.265. The van der Waals surface area contributed by atoms with Gasteiger partial charge in [0.1, 0.15) is 0 Å². The zero-order valence-corrected chi connectivity index (χ0v) is 10.6. The fraction of sp³-hybridized carbons (Fsp3) is 0.0909. The molecule has 0 aliphatic rings. The summed E-state index contributed by atoms with van der Waals surface area (Å²) in [7, 11) is -3.92. The van der Waals surface area contributed by atoms with Gasteiger partial charge in [-0.2, -0.15) is 0 Å². The van der Waals surface area contributed by atoms with Crippen LogP contribution in [0.15, 0.2) is 35.7 Å². The molecule has 5 nitrogen and oxygen atoms in total. The number of carbonyl (C=O) groups excluding carboxylic acids is 1. The van der Waals surface area contributed by atoms with E-state index < -0.39 is 27.3 Å². The first-order valence-corrected chi connectivity index (χ1v) is 6.82. The Morgan fingerprint density at radius 3 is 2.28 bits per heavy atom. The lowest BCUT2D eigenvalue weighted by Gasteiger charge is -1.96. The molecule has 0 bridgehead atoms. The van der Waals surface area contributed by atoms with Gasteiger partial charge in [0, 0.05) is 16.0 Å². The van der Waals surface area contributed by atoms with Crippen molar-refractivity contribution in [3.63, 3.8) is 0 Å². The third kappa shape index (κ3) is 4.68. The molecule has 18 heavy (non-hydrogen) atoms. The van der Waals surface area contributed by atoms with Gasteiger partial charge in [-0.3, -0.25) is 9.59 Å². The summed E-state index contributed by atoms with van der Waals surface area (Å²) >= 11 is 5.63. The largest absolute Gasteiger partial charge is 0.480 e. The van der Waals surface area contributed by atoms with Crippen molar-refractivity contribution in [2.45, 2.75) is 0 Å². The third-order valence-electron chi connectivity index (χ3n) is 1.88. The van der Waals surface area contributed by atoms with Gasteiger partial charge in [0.25, 0.3) is 0 Å². The third-order valence-corrected chi connectivity index (χ3v) is 3.33. The van der Waals surface area contributed by atoms with Crippen LogP contribution in [-0.4, -0.2) is 31.0 Å². The van der Waals surface area contributed by atoms with Crippen LogP contribution in [0, 0.1) is 0 Å². The molecule has 1 aromatic carbocycles. The second-order valence-electron chi connectivity index (χ2n) is 3.37. The number of carboxylic acid groups (broad SMARTS) is 1. The van der Waals surface area contributed by atoms with Gasteiger partial charge in [-0.1, -0.05) is 11.6 Å². The Hall–Kier alpha value is -1.66. The summed E-state index contributed by atoms with van der Waals surface area (Å²) in [6.45, 7) is 0. The number of benzene rings is 1. The zero-order valence-electron chi connectivity index (χ0n) is 9.04. The Bertz CT molecular complexity index is 586. The summed E-state index contributed by atoms with van der Waals surface area (Å²) in [4.78, 5) is 21.8. The Kier molecular flexibility index (Phi) is 4.63. The number of ketones is 1. The molecule has 0 aliphatic heterocycles. The topological polar surface area (TPSA) is 88.5 Å². The van der Waals surface area contributed by atoms with Crippen molar-refractivity contribution in [3.8, 4) is 0 Å². The minimum atomic E-state index is -3.92. The summed E-state index contributed by atoms with van der Waals surface area (Å²) in [6.07, 6.45) is 0.821. The lowest BCUT2D eigenvalue weighted by atomic mass is 10.1. The SMILES string of the molecule is O=C(O)CS(=O)(=O)/C=C/C(=O)c1ccc(Cl)cc1. The number of rotatable bonds is 5. The molecule has 7 heteroatoms. The number of halogens is 1. The number of aliphatic carboxylic acids is 1. The highest BCUT2D eigenvalue weighted by Crippen LogP contribution is 2.10. The lowest BCUT2D eigenvalue weighted by Crippen LogP contribution is -2.12. The highest BCUT2D eigenvalue weighted by atomic mass is 35.5. The normalized spacial score (nSPS) is 11.6. The highest BCUT2D eigenvalue weighted by molar-refractivity contribution is 7.94. The van der Waals surface area contributed by atoms with Gasteiger partial charge in [0.05, 0.1) is 0 Å². The van der Waals surface area contributed by atoms with E-state index in [-0.39, 0.29) is 5.56 Å². The van der Waals surface area contributed by atoms with Gasteiger partial charge >= 0.3 is 5.97 Å². The molecule has 0 saturated heterocycles. The average molecular weight is 289 g/mol. The van der Waals surface area contributed by atoms with Gasteiger partial charge < -0.3 is 5.11 Å². The lowest BCUT2D eigenvalue weighted by molar-refractivity contribution is -0.134. The molecule has 0 saturated carbocycles. The van der Waals surface area contributed by atoms with Gasteiger partial charge in [0.15, 0.2) is 21.4 Å². The van der Waals surface area contributed by atoms with E-state index in [1.807, 2.05) is 0 Å². The van der Waals surface area contributed by atoms with Crippen LogP contribution in [-0.2, 0) is 14.6 Å². The van der Waals surface area contributed by atoms with Crippen molar-refractivity contribution in [1.29, 1.82) is 0 Å². The maximum Gasteiger partial charge on any atom is 0.319 e. The predicted octanol–water partition coefficient (Wildman–Crippen LogP) is 1.54. The van der Waals surface area contributed by atoms with E-state index in [1.54, 1.807) is 0 Å². The highest BCUT2D eigenvalue weighted by Gasteiger charge is 2.12. The molecule has 0 aromatic heterocycles. The summed E-state index contributed by atoms with van der Waals surface area (Å²) in [5.74, 6) is -3.06. The number of hydrogen-bond donors (Lipinski definition) is 1. The second kappa shape index (κ2) is 5.79. The molecule has 0 atom stereocenters. The predicted molar refractivity (Wildman–Crippen MR) is 66.3 cm³/mol. The average Bonchev–Trinajstić information content (AvgIpc) is 2.25. The van der Waals surface area contributed by atoms with Crippen LogP contribution in [0.25, 0.3) is 0 Å². The number of allylic oxidation sites excluding steroid dienone is 1. The molecule has 0 radical (unpaired) electrons. The van der Waals surface area contributed by atoms with E-state index in [4.69, 9.17) is 16.7 Å². The first kappa shape index (κ1) is 14.4. The van der Waals surface area contributed by atoms with Crippen molar-refractivity contribution in [1.82, 2.24) is 0 Å². The first-order valence-electron chi connectivity index (χ1n) is 4.73. The van der Waals surface area contributed by atoms with E-state index in [0.29, 0.717) is 10.4 Å². The summed E-state index contributed by atoms with van der Waals surface area (Å²) in [6, 6.07) is 5.88. The standard InChI is InChI=1S/C11H9ClO5S/c12-9-3-1-8(2-4-9)10(13)5-6-18(16,17)7-11(14)15/h1-6H,7H2,(H,14,15)/b6-5+. The Balaban J connectivity index is 2.82. The molecule has 0 fully saturated rings. The molecule has 0 heterocycles. The number of sulfone groups is 1. The van der Waals surface area contributed by atoms with Crippen LogP contribution < -0.4 is 0 Å². The van der Waals surface area contributed by atoms with Crippen molar-refractivity contribution in [2.24, 2.45) is 0 Å². The van der Waals surface area contributed by atoms with E-state index in [9.17, 15) is 18.0 Å². The summed E-state index contributed by atoms with van der Waals surface area (Å²) in [5, 5.41) is 9.40. The minimum Gasteiger partial charge on any atom is -0.480 e. The van der Waals surface area contributed by atoms with Crippen LogP contribution >= 0.6 is 11.6 Å². The van der Waals surface area contributed by atoms with Crippen LogP contribution in [0.5, 0.6) is 0 Å². The van der Waals surface area contributed by atoms with Crippen LogP contribution in [0.4, 0.5) is 0 Å². The first-order chi connectivity index (χ1) is 8.30. The molecular weight excluding hydrogens is 280 g/mol. The van der Waals surface area contributed by atoms with Crippen LogP contribution in [0.3, 0.4) is 0 Å². The molecule has 0 unspecified atom stereocenters. The van der Waals surface area contributed by atoms with Gasteiger partial charge in [0.2, 0.25) is 0 Å². The number of carbonyl (C=O) groups is 2. The Morgan fingerprint density at radius 2 is 1.78 bits per heavy atom. The molecule has 1 N–H and O–H groups in total. The van der Waals surface area contributed by atoms with Gasteiger partial charge in [-0.15, -0.1) is 0 Å². The number of carboxylic acids is 1. The fourth-order valence-corrected chi connectivity index (χ4v) is 1.99. The Labute approximate surface area is 109 Å². The van der Waals surface area contributed by atoms with Crippen molar-refractivity contribution >= 4 is 33.2 Å². The summed E-state index contributed by atoms with van der Waals surface area (Å²) in [5.41, 5.74) is 0.265. The fourth-order valence-electron chi connectivity index (χ4n) is 1.10. The van der Waals surface area contributed by atoms with E-state index in [0.717, 1.165) is 6.08 Å².